The van der Waals surface area contributed by atoms with Crippen molar-refractivity contribution in [1.82, 2.24) is 9.38 Å². The van der Waals surface area contributed by atoms with E-state index in [4.69, 9.17) is 0 Å². The molecule has 0 N–H and O–H groups in total. The van der Waals surface area contributed by atoms with Gasteiger partial charge in [-0.1, -0.05) is 22.9 Å². The van der Waals surface area contributed by atoms with Crippen molar-refractivity contribution in [1.29, 1.82) is 0 Å². The van der Waals surface area contributed by atoms with E-state index in [1.807, 2.05) is 29.7 Å². The number of aromatic nitrogens is 2. The van der Waals surface area contributed by atoms with Crippen LogP contribution in [0.3, 0.4) is 0 Å². The minimum Gasteiger partial charge on any atom is -0.303 e. The van der Waals surface area contributed by atoms with E-state index < -0.39 is 0 Å². The SMILES string of the molecule is CCc1c(C=O)nc2cc(Br)ccn12. The number of nitrogens with zero attached hydrogens (tertiary/aromatic N) is 2. The van der Waals surface area contributed by atoms with Crippen LogP contribution in [-0.2, 0) is 6.42 Å². The van der Waals surface area contributed by atoms with E-state index >= 15 is 0 Å². The van der Waals surface area contributed by atoms with Crippen molar-refractivity contribution in [3.63, 3.8) is 0 Å². The van der Waals surface area contributed by atoms with E-state index in [0.717, 1.165) is 28.5 Å². The molecule has 0 spiro atoms. The van der Waals surface area contributed by atoms with Gasteiger partial charge < -0.3 is 4.40 Å². The fourth-order valence-electron chi connectivity index (χ4n) is 1.53. The lowest BCUT2D eigenvalue weighted by Gasteiger charge is -1.98. The molecule has 2 aromatic rings. The maximum Gasteiger partial charge on any atom is 0.170 e. The van der Waals surface area contributed by atoms with Crippen LogP contribution in [0.15, 0.2) is 22.8 Å². The molecule has 0 aliphatic carbocycles. The Hall–Kier alpha value is -1.16. The summed E-state index contributed by atoms with van der Waals surface area (Å²) in [7, 11) is 0. The van der Waals surface area contributed by atoms with Gasteiger partial charge in [-0.05, 0) is 18.6 Å². The monoisotopic (exact) mass is 252 g/mol. The fourth-order valence-corrected chi connectivity index (χ4v) is 1.86. The predicted molar refractivity (Wildman–Crippen MR) is 57.7 cm³/mol. The minimum absolute atomic E-state index is 0.533. The van der Waals surface area contributed by atoms with Crippen molar-refractivity contribution >= 4 is 27.9 Å². The molecule has 0 unspecified atom stereocenters. The first kappa shape index (κ1) is 9.40. The second-order valence-corrected chi connectivity index (χ2v) is 3.90. The molecular weight excluding hydrogens is 244 g/mol. The van der Waals surface area contributed by atoms with Gasteiger partial charge in [-0.25, -0.2) is 4.98 Å². The highest BCUT2D eigenvalue weighted by Crippen LogP contribution is 2.16. The minimum atomic E-state index is 0.533. The zero-order chi connectivity index (χ0) is 10.1. The van der Waals surface area contributed by atoms with E-state index in [1.165, 1.54) is 0 Å². The summed E-state index contributed by atoms with van der Waals surface area (Å²) in [5.74, 6) is 0. The standard InChI is InChI=1S/C10H9BrN2O/c1-2-9-8(6-14)12-10-5-7(11)3-4-13(9)10/h3-6H,2H2,1H3. The van der Waals surface area contributed by atoms with Crippen LogP contribution in [0.2, 0.25) is 0 Å². The third-order valence-electron chi connectivity index (χ3n) is 2.16. The number of rotatable bonds is 2. The predicted octanol–water partition coefficient (Wildman–Crippen LogP) is 2.47. The van der Waals surface area contributed by atoms with Gasteiger partial charge in [0.15, 0.2) is 6.29 Å². The summed E-state index contributed by atoms with van der Waals surface area (Å²) in [4.78, 5) is 15.0. The summed E-state index contributed by atoms with van der Waals surface area (Å²) in [6.45, 7) is 2.01. The van der Waals surface area contributed by atoms with E-state index in [2.05, 4.69) is 20.9 Å². The number of carbonyl (C=O) groups excluding carboxylic acids is 1. The zero-order valence-electron chi connectivity index (χ0n) is 7.70. The van der Waals surface area contributed by atoms with E-state index in [1.54, 1.807) is 0 Å². The van der Waals surface area contributed by atoms with E-state index in [9.17, 15) is 4.79 Å². The van der Waals surface area contributed by atoms with Gasteiger partial charge in [-0.15, -0.1) is 0 Å². The molecule has 3 nitrogen and oxygen atoms in total. The lowest BCUT2D eigenvalue weighted by atomic mass is 10.3. The van der Waals surface area contributed by atoms with E-state index in [-0.39, 0.29) is 0 Å². The molecule has 0 saturated heterocycles. The Morgan fingerprint density at radius 2 is 2.43 bits per heavy atom. The topological polar surface area (TPSA) is 34.4 Å². The van der Waals surface area contributed by atoms with Gasteiger partial charge in [0.05, 0.1) is 5.69 Å². The Morgan fingerprint density at radius 3 is 3.07 bits per heavy atom. The van der Waals surface area contributed by atoms with Gasteiger partial charge >= 0.3 is 0 Å². The van der Waals surface area contributed by atoms with Gasteiger partial charge in [-0.3, -0.25) is 4.79 Å². The molecule has 0 atom stereocenters. The van der Waals surface area contributed by atoms with Crippen molar-refractivity contribution in [2.24, 2.45) is 0 Å². The van der Waals surface area contributed by atoms with E-state index in [0.29, 0.717) is 5.69 Å². The average Bonchev–Trinajstić information content (AvgIpc) is 2.54. The maximum absolute atomic E-state index is 10.8. The molecule has 0 amide bonds. The number of hydrogen-bond donors (Lipinski definition) is 0. The second kappa shape index (κ2) is 3.53. The molecular formula is C10H9BrN2O. The number of aldehydes is 1. The molecule has 2 aromatic heterocycles. The van der Waals surface area contributed by atoms with Gasteiger partial charge in [0.2, 0.25) is 0 Å². The van der Waals surface area contributed by atoms with Crippen LogP contribution in [-0.4, -0.2) is 15.7 Å². The lowest BCUT2D eigenvalue weighted by Crippen LogP contribution is -1.93. The first-order chi connectivity index (χ1) is 6.76. The first-order valence-corrected chi connectivity index (χ1v) is 5.17. The van der Waals surface area contributed by atoms with Gasteiger partial charge in [-0.2, -0.15) is 0 Å². The van der Waals surface area contributed by atoms with Crippen molar-refractivity contribution in [3.8, 4) is 0 Å². The number of imidazole rings is 1. The highest BCUT2D eigenvalue weighted by molar-refractivity contribution is 9.10. The largest absolute Gasteiger partial charge is 0.303 e. The molecule has 0 aliphatic heterocycles. The molecule has 2 rings (SSSR count). The highest BCUT2D eigenvalue weighted by Gasteiger charge is 2.08. The third kappa shape index (κ3) is 1.35. The van der Waals surface area contributed by atoms with Gasteiger partial charge in [0, 0.05) is 10.7 Å². The molecule has 0 aromatic carbocycles. The van der Waals surface area contributed by atoms with Crippen molar-refractivity contribution in [3.05, 3.63) is 34.2 Å². The van der Waals surface area contributed by atoms with Crippen LogP contribution in [0.25, 0.3) is 5.65 Å². The summed E-state index contributed by atoms with van der Waals surface area (Å²) in [6.07, 6.45) is 3.52. The smallest absolute Gasteiger partial charge is 0.170 e. The maximum atomic E-state index is 10.8. The molecule has 0 radical (unpaired) electrons. The Balaban J connectivity index is 2.79. The molecule has 2 heterocycles. The number of halogens is 1. The Labute approximate surface area is 89.9 Å². The summed E-state index contributed by atoms with van der Waals surface area (Å²) < 4.78 is 2.91. The summed E-state index contributed by atoms with van der Waals surface area (Å²) >= 11 is 3.37. The quantitative estimate of drug-likeness (QED) is 0.770. The molecule has 0 aliphatic rings. The normalized spacial score (nSPS) is 10.7. The number of carbonyl (C=O) groups is 1. The molecule has 0 saturated carbocycles. The van der Waals surface area contributed by atoms with Gasteiger partial charge in [0.1, 0.15) is 11.3 Å². The average molecular weight is 253 g/mol. The fraction of sp³-hybridized carbons (Fsp3) is 0.200. The Bertz CT molecular complexity index is 490. The molecule has 14 heavy (non-hydrogen) atoms. The first-order valence-electron chi connectivity index (χ1n) is 4.38. The number of fused-ring (bicyclic) bond motifs is 1. The van der Waals surface area contributed by atoms with Crippen molar-refractivity contribution in [2.45, 2.75) is 13.3 Å². The Morgan fingerprint density at radius 1 is 1.64 bits per heavy atom. The van der Waals surface area contributed by atoms with Crippen LogP contribution >= 0.6 is 15.9 Å². The van der Waals surface area contributed by atoms with Crippen LogP contribution in [0.5, 0.6) is 0 Å². The van der Waals surface area contributed by atoms with Crippen LogP contribution in [0.1, 0.15) is 23.1 Å². The molecule has 0 bridgehead atoms. The zero-order valence-corrected chi connectivity index (χ0v) is 9.28. The summed E-state index contributed by atoms with van der Waals surface area (Å²) in [5, 5.41) is 0. The molecule has 4 heteroatoms. The summed E-state index contributed by atoms with van der Waals surface area (Å²) in [5.41, 5.74) is 2.30. The highest BCUT2D eigenvalue weighted by atomic mass is 79.9. The Kier molecular flexibility index (Phi) is 2.37. The van der Waals surface area contributed by atoms with Crippen molar-refractivity contribution < 1.29 is 4.79 Å². The molecule has 72 valence electrons. The van der Waals surface area contributed by atoms with Gasteiger partial charge in [0.25, 0.3) is 0 Å². The van der Waals surface area contributed by atoms with Crippen molar-refractivity contribution in [2.75, 3.05) is 0 Å². The summed E-state index contributed by atoms with van der Waals surface area (Å²) in [6, 6.07) is 3.83. The number of aryl methyl sites for hydroxylation is 1. The van der Waals surface area contributed by atoms with Crippen LogP contribution in [0.4, 0.5) is 0 Å². The number of hydrogen-bond acceptors (Lipinski definition) is 2. The van der Waals surface area contributed by atoms with Crippen LogP contribution < -0.4 is 0 Å². The second-order valence-electron chi connectivity index (χ2n) is 2.99. The number of pyridine rings is 1. The lowest BCUT2D eigenvalue weighted by molar-refractivity contribution is 0.111. The molecule has 0 fully saturated rings. The third-order valence-corrected chi connectivity index (χ3v) is 2.66. The van der Waals surface area contributed by atoms with Crippen LogP contribution in [0, 0.1) is 0 Å².